The number of anilines is 2. The molecule has 2 aromatic rings. The smallest absolute Gasteiger partial charge is 0.412 e. The first kappa shape index (κ1) is 20.4. The van der Waals surface area contributed by atoms with Crippen molar-refractivity contribution in [3.05, 3.63) is 42.3 Å². The minimum Gasteiger partial charge on any atom is -0.457 e. The summed E-state index contributed by atoms with van der Waals surface area (Å²) < 4.78 is 25.2. The Bertz CT molecular complexity index is 936. The SMILES string of the molecule is CC(C)(C)OC(=O)Nc1ccc(Oc2ccnc(N3CCC(C#N)C3)c2)cc1F. The number of amides is 1. The van der Waals surface area contributed by atoms with Gasteiger partial charge in [0.2, 0.25) is 0 Å². The summed E-state index contributed by atoms with van der Waals surface area (Å²) in [5, 5.41) is 11.4. The quantitative estimate of drug-likeness (QED) is 0.802. The molecule has 1 aliphatic heterocycles. The first-order valence-corrected chi connectivity index (χ1v) is 9.31. The molecule has 1 aromatic carbocycles. The van der Waals surface area contributed by atoms with Crippen LogP contribution in [-0.4, -0.2) is 29.8 Å². The Labute approximate surface area is 169 Å². The summed E-state index contributed by atoms with van der Waals surface area (Å²) in [6, 6.07) is 9.85. The molecule has 7 nitrogen and oxygen atoms in total. The van der Waals surface area contributed by atoms with Crippen molar-refractivity contribution in [3.63, 3.8) is 0 Å². The first-order valence-electron chi connectivity index (χ1n) is 9.31. The molecule has 0 saturated carbocycles. The van der Waals surface area contributed by atoms with Gasteiger partial charge in [-0.2, -0.15) is 5.26 Å². The summed E-state index contributed by atoms with van der Waals surface area (Å²) in [4.78, 5) is 18.2. The highest BCUT2D eigenvalue weighted by Crippen LogP contribution is 2.29. The summed E-state index contributed by atoms with van der Waals surface area (Å²) in [6.45, 7) is 6.57. The van der Waals surface area contributed by atoms with E-state index in [4.69, 9.17) is 14.7 Å². The number of hydrogen-bond acceptors (Lipinski definition) is 6. The van der Waals surface area contributed by atoms with Gasteiger partial charge < -0.3 is 14.4 Å². The van der Waals surface area contributed by atoms with Gasteiger partial charge in [-0.25, -0.2) is 14.2 Å². The van der Waals surface area contributed by atoms with E-state index in [2.05, 4.69) is 16.4 Å². The van der Waals surface area contributed by atoms with Crippen LogP contribution >= 0.6 is 0 Å². The molecule has 1 unspecified atom stereocenters. The van der Waals surface area contributed by atoms with E-state index in [-0.39, 0.29) is 17.4 Å². The van der Waals surface area contributed by atoms with Gasteiger partial charge in [0.1, 0.15) is 22.9 Å². The molecule has 3 rings (SSSR count). The van der Waals surface area contributed by atoms with Crippen LogP contribution < -0.4 is 15.0 Å². The Balaban J connectivity index is 1.67. The zero-order valence-electron chi connectivity index (χ0n) is 16.6. The Hall–Kier alpha value is -3.34. The fourth-order valence-corrected chi connectivity index (χ4v) is 2.92. The highest BCUT2D eigenvalue weighted by Gasteiger charge is 2.23. The van der Waals surface area contributed by atoms with Gasteiger partial charge in [0.25, 0.3) is 0 Å². The van der Waals surface area contributed by atoms with Crippen LogP contribution in [0.15, 0.2) is 36.5 Å². The summed E-state index contributed by atoms with van der Waals surface area (Å²) in [7, 11) is 0. The molecule has 0 aliphatic carbocycles. The molecule has 0 bridgehead atoms. The summed E-state index contributed by atoms with van der Waals surface area (Å²) in [6.07, 6.45) is 1.69. The number of rotatable bonds is 4. The molecule has 1 fully saturated rings. The predicted octanol–water partition coefficient (Wildman–Crippen LogP) is 4.71. The van der Waals surface area contributed by atoms with Crippen LogP contribution in [-0.2, 0) is 4.74 Å². The average molecular weight is 398 g/mol. The van der Waals surface area contributed by atoms with Gasteiger partial charge in [0.05, 0.1) is 17.7 Å². The van der Waals surface area contributed by atoms with E-state index in [1.54, 1.807) is 45.2 Å². The Morgan fingerprint density at radius 3 is 2.72 bits per heavy atom. The van der Waals surface area contributed by atoms with Crippen molar-refractivity contribution >= 4 is 17.6 Å². The Morgan fingerprint density at radius 2 is 2.07 bits per heavy atom. The lowest BCUT2D eigenvalue weighted by Crippen LogP contribution is -2.27. The van der Waals surface area contributed by atoms with E-state index in [0.717, 1.165) is 13.0 Å². The summed E-state index contributed by atoms with van der Waals surface area (Å²) in [5.74, 6) is 0.858. The Morgan fingerprint density at radius 1 is 1.31 bits per heavy atom. The summed E-state index contributed by atoms with van der Waals surface area (Å²) >= 11 is 0. The fraction of sp³-hybridized carbons (Fsp3) is 0.381. The molecule has 8 heteroatoms. The van der Waals surface area contributed by atoms with Gasteiger partial charge in [0.15, 0.2) is 5.82 Å². The summed E-state index contributed by atoms with van der Waals surface area (Å²) in [5.41, 5.74) is -0.674. The second kappa shape index (κ2) is 8.35. The highest BCUT2D eigenvalue weighted by atomic mass is 19.1. The number of benzene rings is 1. The Kier molecular flexibility index (Phi) is 5.87. The van der Waals surface area contributed by atoms with Crippen molar-refractivity contribution in [2.45, 2.75) is 32.8 Å². The number of halogens is 1. The fourth-order valence-electron chi connectivity index (χ4n) is 2.92. The molecule has 1 atom stereocenters. The number of ether oxygens (including phenoxy) is 2. The van der Waals surface area contributed by atoms with E-state index < -0.39 is 17.5 Å². The minimum absolute atomic E-state index is 0.000452. The van der Waals surface area contributed by atoms with Gasteiger partial charge in [-0.1, -0.05) is 0 Å². The van der Waals surface area contributed by atoms with Crippen molar-refractivity contribution in [3.8, 4) is 17.6 Å². The number of nitriles is 1. The molecule has 29 heavy (non-hydrogen) atoms. The van der Waals surface area contributed by atoms with Crippen molar-refractivity contribution in [1.29, 1.82) is 5.26 Å². The molecular formula is C21H23FN4O3. The van der Waals surface area contributed by atoms with Crippen LogP contribution in [0, 0.1) is 23.1 Å². The zero-order valence-corrected chi connectivity index (χ0v) is 16.6. The number of aromatic nitrogens is 1. The molecule has 1 amide bonds. The molecule has 1 aliphatic rings. The zero-order chi connectivity index (χ0) is 21.0. The van der Waals surface area contributed by atoms with Crippen LogP contribution in [0.2, 0.25) is 0 Å². The van der Waals surface area contributed by atoms with Crippen molar-refractivity contribution in [2.75, 3.05) is 23.3 Å². The van der Waals surface area contributed by atoms with Gasteiger partial charge >= 0.3 is 6.09 Å². The van der Waals surface area contributed by atoms with Gasteiger partial charge in [-0.15, -0.1) is 0 Å². The largest absolute Gasteiger partial charge is 0.457 e. The van der Waals surface area contributed by atoms with E-state index in [9.17, 15) is 9.18 Å². The maximum Gasteiger partial charge on any atom is 0.412 e. The second-order valence-electron chi connectivity index (χ2n) is 7.78. The average Bonchev–Trinajstić information content (AvgIpc) is 3.12. The number of nitrogens with one attached hydrogen (secondary N) is 1. The third-order valence-corrected chi connectivity index (χ3v) is 4.22. The van der Waals surface area contributed by atoms with E-state index >= 15 is 0 Å². The molecule has 0 radical (unpaired) electrons. The molecule has 152 valence electrons. The van der Waals surface area contributed by atoms with E-state index in [1.165, 1.54) is 12.1 Å². The molecule has 1 N–H and O–H groups in total. The van der Waals surface area contributed by atoms with Crippen molar-refractivity contribution in [1.82, 2.24) is 4.98 Å². The number of nitrogens with zero attached hydrogens (tertiary/aromatic N) is 3. The number of carbonyl (C=O) groups excluding carboxylic acids is 1. The molecule has 0 spiro atoms. The van der Waals surface area contributed by atoms with Gasteiger partial charge in [-0.3, -0.25) is 5.32 Å². The van der Waals surface area contributed by atoms with Crippen LogP contribution in [0.4, 0.5) is 20.7 Å². The van der Waals surface area contributed by atoms with E-state index in [0.29, 0.717) is 18.1 Å². The maximum atomic E-state index is 14.4. The lowest BCUT2D eigenvalue weighted by atomic mass is 10.1. The van der Waals surface area contributed by atoms with Crippen molar-refractivity contribution < 1.29 is 18.7 Å². The highest BCUT2D eigenvalue weighted by molar-refractivity contribution is 5.85. The lowest BCUT2D eigenvalue weighted by Gasteiger charge is -2.20. The normalized spacial score (nSPS) is 16.2. The minimum atomic E-state index is -0.731. The standard InChI is InChI=1S/C21H23FN4O3/c1-21(2,3)29-20(27)25-18-5-4-15(10-17(18)22)28-16-6-8-24-19(11-16)26-9-7-14(12-23)13-26/h4-6,8,10-11,14H,7,9,13H2,1-3H3,(H,25,27). The number of hydrogen-bond donors (Lipinski definition) is 1. The third-order valence-electron chi connectivity index (χ3n) is 4.22. The van der Waals surface area contributed by atoms with E-state index in [1.807, 2.05) is 4.90 Å². The number of carbonyl (C=O) groups is 1. The maximum absolute atomic E-state index is 14.4. The predicted molar refractivity (Wildman–Crippen MR) is 107 cm³/mol. The number of pyridine rings is 1. The van der Waals surface area contributed by atoms with Gasteiger partial charge in [-0.05, 0) is 45.4 Å². The van der Waals surface area contributed by atoms with Crippen LogP contribution in [0.1, 0.15) is 27.2 Å². The van der Waals surface area contributed by atoms with Crippen molar-refractivity contribution in [2.24, 2.45) is 5.92 Å². The molecular weight excluding hydrogens is 375 g/mol. The molecule has 1 saturated heterocycles. The second-order valence-corrected chi connectivity index (χ2v) is 7.78. The van der Waals surface area contributed by atoms with Crippen LogP contribution in [0.5, 0.6) is 11.5 Å². The van der Waals surface area contributed by atoms with Crippen LogP contribution in [0.25, 0.3) is 0 Å². The van der Waals surface area contributed by atoms with Crippen LogP contribution in [0.3, 0.4) is 0 Å². The lowest BCUT2D eigenvalue weighted by molar-refractivity contribution is 0.0635. The molecule has 1 aromatic heterocycles. The monoisotopic (exact) mass is 398 g/mol. The third kappa shape index (κ3) is 5.57. The topological polar surface area (TPSA) is 87.5 Å². The molecule has 2 heterocycles. The first-order chi connectivity index (χ1) is 13.7. The van der Waals surface area contributed by atoms with Gasteiger partial charge in [0, 0.05) is 31.4 Å².